The highest BCUT2D eigenvalue weighted by molar-refractivity contribution is 5.24. The first kappa shape index (κ1) is 9.75. The number of hydrogen-bond acceptors (Lipinski definition) is 1. The summed E-state index contributed by atoms with van der Waals surface area (Å²) in [6.45, 7) is 3.71. The van der Waals surface area contributed by atoms with Gasteiger partial charge in [0, 0.05) is 0 Å². The van der Waals surface area contributed by atoms with Crippen LogP contribution in [-0.2, 0) is 13.0 Å². The second-order valence-electron chi connectivity index (χ2n) is 2.84. The molecule has 0 bridgehead atoms. The van der Waals surface area contributed by atoms with Crippen molar-refractivity contribution >= 4 is 0 Å². The first-order chi connectivity index (χ1) is 6.36. The fourth-order valence-electron chi connectivity index (χ4n) is 1.08. The molecule has 1 nitrogen and oxygen atoms in total. The van der Waals surface area contributed by atoms with E-state index in [0.29, 0.717) is 0 Å². The monoisotopic (exact) mass is 174 g/mol. The number of aliphatic hydroxyl groups excluding tert-OH is 1. The van der Waals surface area contributed by atoms with Crippen LogP contribution in [0.4, 0.5) is 0 Å². The van der Waals surface area contributed by atoms with Gasteiger partial charge in [-0.2, -0.15) is 0 Å². The fraction of sp³-hybridized carbons (Fsp3) is 0.167. The van der Waals surface area contributed by atoms with Crippen molar-refractivity contribution in [2.24, 2.45) is 0 Å². The average molecular weight is 174 g/mol. The zero-order valence-electron chi connectivity index (χ0n) is 7.61. The minimum atomic E-state index is 0.114. The fourth-order valence-corrected chi connectivity index (χ4v) is 1.08. The van der Waals surface area contributed by atoms with Crippen LogP contribution in [0.25, 0.3) is 0 Å². The lowest BCUT2D eigenvalue weighted by Gasteiger charge is -1.98. The Morgan fingerprint density at radius 3 is 2.31 bits per heavy atom. The standard InChI is InChI=1S/C12H14O/c1-2-3-4-5-11-6-8-12(10-13)9-7-11/h2-4,6-9,13H,1,5,10H2/b4-3+. The third kappa shape index (κ3) is 3.26. The Bertz CT molecular complexity index is 282. The van der Waals surface area contributed by atoms with Crippen molar-refractivity contribution in [3.63, 3.8) is 0 Å². The molecule has 1 heteroatoms. The quantitative estimate of drug-likeness (QED) is 0.695. The summed E-state index contributed by atoms with van der Waals surface area (Å²) in [4.78, 5) is 0. The van der Waals surface area contributed by atoms with Gasteiger partial charge in [-0.25, -0.2) is 0 Å². The normalized spacial score (nSPS) is 10.5. The number of aliphatic hydroxyl groups is 1. The molecule has 0 heterocycles. The maximum Gasteiger partial charge on any atom is 0.0681 e. The van der Waals surface area contributed by atoms with Crippen LogP contribution >= 0.6 is 0 Å². The number of hydrogen-bond donors (Lipinski definition) is 1. The van der Waals surface area contributed by atoms with Gasteiger partial charge in [0.1, 0.15) is 0 Å². The lowest BCUT2D eigenvalue weighted by Crippen LogP contribution is -1.84. The second-order valence-corrected chi connectivity index (χ2v) is 2.84. The van der Waals surface area contributed by atoms with Crippen molar-refractivity contribution in [1.82, 2.24) is 0 Å². The Kier molecular flexibility index (Phi) is 4.00. The zero-order chi connectivity index (χ0) is 9.52. The molecule has 0 saturated heterocycles. The van der Waals surface area contributed by atoms with E-state index in [2.05, 4.69) is 12.7 Å². The van der Waals surface area contributed by atoms with Crippen LogP contribution in [-0.4, -0.2) is 5.11 Å². The Hall–Kier alpha value is -1.34. The summed E-state index contributed by atoms with van der Waals surface area (Å²) in [5.41, 5.74) is 2.20. The Morgan fingerprint density at radius 2 is 1.77 bits per heavy atom. The highest BCUT2D eigenvalue weighted by atomic mass is 16.3. The summed E-state index contributed by atoms with van der Waals surface area (Å²) in [5, 5.41) is 8.82. The minimum Gasteiger partial charge on any atom is -0.392 e. The molecule has 68 valence electrons. The zero-order valence-corrected chi connectivity index (χ0v) is 7.61. The number of rotatable bonds is 4. The lowest BCUT2D eigenvalue weighted by molar-refractivity contribution is 0.282. The molecule has 1 aromatic carbocycles. The van der Waals surface area contributed by atoms with Gasteiger partial charge >= 0.3 is 0 Å². The summed E-state index contributed by atoms with van der Waals surface area (Å²) in [6, 6.07) is 7.94. The average Bonchev–Trinajstić information content (AvgIpc) is 2.19. The molecule has 1 N–H and O–H groups in total. The highest BCUT2D eigenvalue weighted by Gasteiger charge is 1.90. The van der Waals surface area contributed by atoms with E-state index in [0.717, 1.165) is 12.0 Å². The third-order valence-corrected chi connectivity index (χ3v) is 1.83. The molecule has 0 saturated carbocycles. The molecule has 0 aliphatic heterocycles. The van der Waals surface area contributed by atoms with Crippen molar-refractivity contribution < 1.29 is 5.11 Å². The van der Waals surface area contributed by atoms with Crippen LogP contribution in [0.1, 0.15) is 11.1 Å². The van der Waals surface area contributed by atoms with E-state index >= 15 is 0 Å². The molecular formula is C12H14O. The predicted molar refractivity (Wildman–Crippen MR) is 55.4 cm³/mol. The largest absolute Gasteiger partial charge is 0.392 e. The van der Waals surface area contributed by atoms with Crippen LogP contribution in [0, 0.1) is 0 Å². The highest BCUT2D eigenvalue weighted by Crippen LogP contribution is 2.05. The van der Waals surface area contributed by atoms with E-state index in [-0.39, 0.29) is 6.61 Å². The predicted octanol–water partition coefficient (Wildman–Crippen LogP) is 2.46. The topological polar surface area (TPSA) is 20.2 Å². The number of benzene rings is 1. The van der Waals surface area contributed by atoms with E-state index in [9.17, 15) is 0 Å². The van der Waals surface area contributed by atoms with E-state index in [1.54, 1.807) is 6.08 Å². The molecule has 0 atom stereocenters. The van der Waals surface area contributed by atoms with Gasteiger partial charge in [0.05, 0.1) is 6.61 Å². The van der Waals surface area contributed by atoms with Crippen molar-refractivity contribution in [2.75, 3.05) is 0 Å². The third-order valence-electron chi connectivity index (χ3n) is 1.83. The molecule has 0 aliphatic carbocycles. The molecule has 0 unspecified atom stereocenters. The summed E-state index contributed by atoms with van der Waals surface area (Å²) < 4.78 is 0. The SMILES string of the molecule is C=C/C=C/Cc1ccc(CO)cc1. The van der Waals surface area contributed by atoms with Gasteiger partial charge in [-0.1, -0.05) is 49.1 Å². The Labute approximate surface area is 79.0 Å². The molecule has 0 radical (unpaired) electrons. The van der Waals surface area contributed by atoms with Gasteiger partial charge in [-0.3, -0.25) is 0 Å². The van der Waals surface area contributed by atoms with Gasteiger partial charge in [-0.15, -0.1) is 0 Å². The summed E-state index contributed by atoms with van der Waals surface area (Å²) in [7, 11) is 0. The van der Waals surface area contributed by atoms with E-state index in [1.807, 2.05) is 30.3 Å². The summed E-state index contributed by atoms with van der Waals surface area (Å²) >= 11 is 0. The van der Waals surface area contributed by atoms with E-state index < -0.39 is 0 Å². The molecule has 13 heavy (non-hydrogen) atoms. The molecule has 0 aliphatic rings. The van der Waals surface area contributed by atoms with Gasteiger partial charge in [0.25, 0.3) is 0 Å². The van der Waals surface area contributed by atoms with Crippen LogP contribution in [0.5, 0.6) is 0 Å². The van der Waals surface area contributed by atoms with Crippen molar-refractivity contribution in [3.8, 4) is 0 Å². The van der Waals surface area contributed by atoms with Crippen molar-refractivity contribution in [3.05, 3.63) is 60.2 Å². The van der Waals surface area contributed by atoms with E-state index in [4.69, 9.17) is 5.11 Å². The molecule has 0 spiro atoms. The van der Waals surface area contributed by atoms with Crippen LogP contribution in [0.3, 0.4) is 0 Å². The Balaban J connectivity index is 2.58. The Morgan fingerprint density at radius 1 is 1.15 bits per heavy atom. The van der Waals surface area contributed by atoms with Gasteiger partial charge in [-0.05, 0) is 17.5 Å². The van der Waals surface area contributed by atoms with Crippen LogP contribution in [0.15, 0.2) is 49.1 Å². The molecule has 0 aromatic heterocycles. The molecular weight excluding hydrogens is 160 g/mol. The van der Waals surface area contributed by atoms with Gasteiger partial charge in [0.15, 0.2) is 0 Å². The summed E-state index contributed by atoms with van der Waals surface area (Å²) in [5.74, 6) is 0. The van der Waals surface area contributed by atoms with Crippen molar-refractivity contribution in [1.29, 1.82) is 0 Å². The first-order valence-corrected chi connectivity index (χ1v) is 4.33. The molecule has 0 amide bonds. The maximum absolute atomic E-state index is 8.82. The molecule has 0 fully saturated rings. The van der Waals surface area contributed by atoms with E-state index in [1.165, 1.54) is 5.56 Å². The smallest absolute Gasteiger partial charge is 0.0681 e. The van der Waals surface area contributed by atoms with Gasteiger partial charge in [0.2, 0.25) is 0 Å². The first-order valence-electron chi connectivity index (χ1n) is 4.33. The summed E-state index contributed by atoms with van der Waals surface area (Å²) in [6.07, 6.45) is 6.67. The van der Waals surface area contributed by atoms with Gasteiger partial charge < -0.3 is 5.11 Å². The van der Waals surface area contributed by atoms with Crippen LogP contribution < -0.4 is 0 Å². The second kappa shape index (κ2) is 5.33. The number of allylic oxidation sites excluding steroid dienone is 3. The maximum atomic E-state index is 8.82. The molecule has 1 aromatic rings. The minimum absolute atomic E-state index is 0.114. The molecule has 1 rings (SSSR count). The van der Waals surface area contributed by atoms with Crippen molar-refractivity contribution in [2.45, 2.75) is 13.0 Å². The van der Waals surface area contributed by atoms with Crippen LogP contribution in [0.2, 0.25) is 0 Å². The lowest BCUT2D eigenvalue weighted by atomic mass is 10.1.